The van der Waals surface area contributed by atoms with E-state index < -0.39 is 0 Å². The van der Waals surface area contributed by atoms with E-state index in [1.54, 1.807) is 0 Å². The Morgan fingerprint density at radius 2 is 2.10 bits per heavy atom. The van der Waals surface area contributed by atoms with Crippen molar-refractivity contribution in [3.63, 3.8) is 0 Å². The van der Waals surface area contributed by atoms with E-state index in [-0.39, 0.29) is 0 Å². The van der Waals surface area contributed by atoms with Gasteiger partial charge in [0, 0.05) is 29.1 Å². The Morgan fingerprint density at radius 1 is 1.33 bits per heavy atom. The molecule has 2 aliphatic rings. The number of anilines is 1. The molecule has 1 aliphatic carbocycles. The molecule has 1 spiro atoms. The summed E-state index contributed by atoms with van der Waals surface area (Å²) in [5.41, 5.74) is 1.49. The van der Waals surface area contributed by atoms with Crippen LogP contribution in [0.5, 0.6) is 0 Å². The van der Waals surface area contributed by atoms with Crippen molar-refractivity contribution in [1.82, 2.24) is 5.32 Å². The standard InChI is InChI=1S/C17H24BrClN2/c1-2-14-11-20-17(8-4-3-5-9-17)12-21(14)16-10-13(18)6-7-15(16)19/h6-7,10,14,20H,2-5,8-9,11-12H2,1H3. The molecule has 2 nitrogen and oxygen atoms in total. The second-order valence-corrected chi connectivity index (χ2v) is 7.83. The van der Waals surface area contributed by atoms with E-state index in [9.17, 15) is 0 Å². The number of piperazine rings is 1. The maximum atomic E-state index is 6.50. The average molecular weight is 372 g/mol. The summed E-state index contributed by atoms with van der Waals surface area (Å²) in [7, 11) is 0. The quantitative estimate of drug-likeness (QED) is 0.787. The first-order valence-corrected chi connectivity index (χ1v) is 9.27. The van der Waals surface area contributed by atoms with Gasteiger partial charge in [-0.3, -0.25) is 0 Å². The van der Waals surface area contributed by atoms with E-state index in [0.717, 1.165) is 29.0 Å². The highest BCUT2D eigenvalue weighted by Gasteiger charge is 2.39. The third-order valence-corrected chi connectivity index (χ3v) is 5.94. The van der Waals surface area contributed by atoms with E-state index >= 15 is 0 Å². The maximum absolute atomic E-state index is 6.50. The lowest BCUT2D eigenvalue weighted by molar-refractivity contribution is 0.196. The van der Waals surface area contributed by atoms with Crippen LogP contribution in [0.25, 0.3) is 0 Å². The number of halogens is 2. The van der Waals surface area contributed by atoms with Gasteiger partial charge in [-0.1, -0.05) is 53.7 Å². The summed E-state index contributed by atoms with van der Waals surface area (Å²) in [5, 5.41) is 4.74. The highest BCUT2D eigenvalue weighted by molar-refractivity contribution is 9.10. The molecule has 1 saturated carbocycles. The van der Waals surface area contributed by atoms with Crippen LogP contribution in [0.2, 0.25) is 5.02 Å². The van der Waals surface area contributed by atoms with Gasteiger partial charge in [0.25, 0.3) is 0 Å². The fraction of sp³-hybridized carbons (Fsp3) is 0.647. The lowest BCUT2D eigenvalue weighted by Gasteiger charge is -2.50. The zero-order valence-electron chi connectivity index (χ0n) is 12.7. The van der Waals surface area contributed by atoms with Gasteiger partial charge < -0.3 is 10.2 Å². The van der Waals surface area contributed by atoms with Gasteiger partial charge in [0.15, 0.2) is 0 Å². The molecule has 1 aromatic rings. The maximum Gasteiger partial charge on any atom is 0.0640 e. The predicted octanol–water partition coefficient (Wildman–Crippen LogP) is 4.99. The molecule has 2 fully saturated rings. The van der Waals surface area contributed by atoms with Gasteiger partial charge in [-0.2, -0.15) is 0 Å². The van der Waals surface area contributed by atoms with Gasteiger partial charge in [0.1, 0.15) is 0 Å². The van der Waals surface area contributed by atoms with Crippen LogP contribution < -0.4 is 10.2 Å². The minimum atomic E-state index is 0.301. The molecule has 1 aliphatic heterocycles. The molecule has 0 bridgehead atoms. The van der Waals surface area contributed by atoms with Crippen LogP contribution in [-0.4, -0.2) is 24.7 Å². The van der Waals surface area contributed by atoms with Crippen molar-refractivity contribution in [2.45, 2.75) is 57.0 Å². The molecule has 0 amide bonds. The summed E-state index contributed by atoms with van der Waals surface area (Å²) in [6.07, 6.45) is 7.83. The molecular weight excluding hydrogens is 348 g/mol. The zero-order valence-corrected chi connectivity index (χ0v) is 15.0. The molecule has 0 aromatic heterocycles. The molecule has 1 atom stereocenters. The Labute approximate surface area is 141 Å². The lowest BCUT2D eigenvalue weighted by Crippen LogP contribution is -2.65. The first-order chi connectivity index (χ1) is 10.1. The monoisotopic (exact) mass is 370 g/mol. The predicted molar refractivity (Wildman–Crippen MR) is 94.4 cm³/mol. The normalized spacial score (nSPS) is 25.3. The third kappa shape index (κ3) is 3.25. The van der Waals surface area contributed by atoms with Crippen LogP contribution in [0.15, 0.2) is 22.7 Å². The minimum absolute atomic E-state index is 0.301. The Balaban J connectivity index is 1.90. The topological polar surface area (TPSA) is 15.3 Å². The molecule has 21 heavy (non-hydrogen) atoms. The Kier molecular flexibility index (Phi) is 4.82. The van der Waals surface area contributed by atoms with Crippen LogP contribution in [0.4, 0.5) is 5.69 Å². The summed E-state index contributed by atoms with van der Waals surface area (Å²) in [5.74, 6) is 0. The highest BCUT2D eigenvalue weighted by atomic mass is 79.9. The molecule has 3 rings (SSSR count). The van der Waals surface area contributed by atoms with Crippen molar-refractivity contribution in [1.29, 1.82) is 0 Å². The number of nitrogens with zero attached hydrogens (tertiary/aromatic N) is 1. The van der Waals surface area contributed by atoms with Gasteiger partial charge in [-0.05, 0) is 37.5 Å². The fourth-order valence-corrected chi connectivity index (χ4v) is 4.45. The fourth-order valence-electron chi connectivity index (χ4n) is 3.87. The molecular formula is C17H24BrClN2. The van der Waals surface area contributed by atoms with Crippen LogP contribution in [0, 0.1) is 0 Å². The molecule has 116 valence electrons. The third-order valence-electron chi connectivity index (χ3n) is 5.13. The smallest absolute Gasteiger partial charge is 0.0640 e. The second kappa shape index (κ2) is 6.47. The number of rotatable bonds is 2. The van der Waals surface area contributed by atoms with Gasteiger partial charge in [-0.15, -0.1) is 0 Å². The van der Waals surface area contributed by atoms with E-state index in [4.69, 9.17) is 11.6 Å². The van der Waals surface area contributed by atoms with E-state index in [2.05, 4.69) is 39.1 Å². The SMILES string of the molecule is CCC1CNC2(CCCCC2)CN1c1cc(Br)ccc1Cl. The zero-order chi connectivity index (χ0) is 14.9. The Morgan fingerprint density at radius 3 is 2.81 bits per heavy atom. The van der Waals surface area contributed by atoms with Gasteiger partial charge in [0.05, 0.1) is 10.7 Å². The molecule has 1 saturated heterocycles. The molecule has 0 radical (unpaired) electrons. The molecule has 1 aromatic carbocycles. The number of nitrogens with one attached hydrogen (secondary N) is 1. The summed E-state index contributed by atoms with van der Waals surface area (Å²) in [6, 6.07) is 6.73. The minimum Gasteiger partial charge on any atom is -0.364 e. The van der Waals surface area contributed by atoms with Crippen molar-refractivity contribution < 1.29 is 0 Å². The second-order valence-electron chi connectivity index (χ2n) is 6.51. The van der Waals surface area contributed by atoms with E-state index in [1.165, 1.54) is 37.8 Å². The van der Waals surface area contributed by atoms with Crippen molar-refractivity contribution in [2.75, 3.05) is 18.0 Å². The van der Waals surface area contributed by atoms with Crippen LogP contribution >= 0.6 is 27.5 Å². The van der Waals surface area contributed by atoms with Crippen LogP contribution in [-0.2, 0) is 0 Å². The summed E-state index contributed by atoms with van der Waals surface area (Å²) in [6.45, 7) is 4.42. The molecule has 4 heteroatoms. The number of hydrogen-bond donors (Lipinski definition) is 1. The van der Waals surface area contributed by atoms with Gasteiger partial charge in [0.2, 0.25) is 0 Å². The summed E-state index contributed by atoms with van der Waals surface area (Å²) in [4.78, 5) is 2.55. The summed E-state index contributed by atoms with van der Waals surface area (Å²) < 4.78 is 1.10. The lowest BCUT2D eigenvalue weighted by atomic mass is 9.79. The van der Waals surface area contributed by atoms with Crippen molar-refractivity contribution in [3.8, 4) is 0 Å². The Hall–Kier alpha value is -0.250. The number of hydrogen-bond acceptors (Lipinski definition) is 2. The first-order valence-electron chi connectivity index (χ1n) is 8.10. The first kappa shape index (κ1) is 15.6. The molecule has 1 unspecified atom stereocenters. The van der Waals surface area contributed by atoms with Crippen molar-refractivity contribution >= 4 is 33.2 Å². The average Bonchev–Trinajstić information content (AvgIpc) is 2.50. The molecule has 1 heterocycles. The van der Waals surface area contributed by atoms with E-state index in [1.807, 2.05) is 12.1 Å². The van der Waals surface area contributed by atoms with E-state index in [0.29, 0.717) is 11.6 Å². The van der Waals surface area contributed by atoms with Crippen molar-refractivity contribution in [2.24, 2.45) is 0 Å². The van der Waals surface area contributed by atoms with Gasteiger partial charge >= 0.3 is 0 Å². The highest BCUT2D eigenvalue weighted by Crippen LogP contribution is 2.37. The molecule has 1 N–H and O–H groups in total. The largest absolute Gasteiger partial charge is 0.364 e. The summed E-state index contributed by atoms with van der Waals surface area (Å²) >= 11 is 10.1. The van der Waals surface area contributed by atoms with Gasteiger partial charge in [-0.25, -0.2) is 0 Å². The van der Waals surface area contributed by atoms with Crippen LogP contribution in [0.3, 0.4) is 0 Å². The van der Waals surface area contributed by atoms with Crippen molar-refractivity contribution in [3.05, 3.63) is 27.7 Å². The Bertz CT molecular complexity index is 500. The number of benzene rings is 1. The van der Waals surface area contributed by atoms with Crippen LogP contribution in [0.1, 0.15) is 45.4 Å².